The van der Waals surface area contributed by atoms with Crippen LogP contribution in [0.3, 0.4) is 0 Å². The van der Waals surface area contributed by atoms with Gasteiger partial charge in [-0.05, 0) is 41.3 Å². The number of hydrogen-bond donors (Lipinski definition) is 0. The molecule has 6 heteroatoms. The molecule has 1 aromatic heterocycles. The summed E-state index contributed by atoms with van der Waals surface area (Å²) in [5, 5.41) is 0. The van der Waals surface area contributed by atoms with E-state index in [4.69, 9.17) is 9.47 Å². The molecule has 0 saturated carbocycles. The van der Waals surface area contributed by atoms with Crippen LogP contribution in [0.5, 0.6) is 0 Å². The highest BCUT2D eigenvalue weighted by molar-refractivity contribution is 8.01. The molecule has 1 atom stereocenters. The van der Waals surface area contributed by atoms with Gasteiger partial charge < -0.3 is 14.4 Å². The van der Waals surface area contributed by atoms with Crippen LogP contribution < -0.4 is 0 Å². The lowest BCUT2D eigenvalue weighted by molar-refractivity contribution is 0.0254. The molecule has 2 aromatic rings. The molecule has 1 aromatic carbocycles. The molecule has 2 fully saturated rings. The highest BCUT2D eigenvalue weighted by atomic mass is 32.2. The zero-order valence-electron chi connectivity index (χ0n) is 15.1. The fraction of sp³-hybridized carbons (Fsp3) is 0.429. The Kier molecular flexibility index (Phi) is 4.42. The Morgan fingerprint density at radius 3 is 3.04 bits per heavy atom. The van der Waals surface area contributed by atoms with E-state index in [1.807, 2.05) is 53.2 Å². The predicted octanol–water partition coefficient (Wildman–Crippen LogP) is 3.03. The van der Waals surface area contributed by atoms with Gasteiger partial charge in [0.25, 0.3) is 5.91 Å². The number of ether oxygens (including phenoxy) is 2. The standard InChI is InChI=1S/C21H22N2O3S/c24-20(16-3-4-17-10-25-11-18(17)6-16)23-13-21(14-23)7-19(12-27-21)26-9-15-2-1-5-22-8-15/h1-6,8,19H,7,9-14H2. The Morgan fingerprint density at radius 1 is 1.30 bits per heavy atom. The van der Waals surface area contributed by atoms with Crippen molar-refractivity contribution in [1.29, 1.82) is 0 Å². The number of likely N-dealkylation sites (tertiary alicyclic amines) is 1. The molecule has 1 unspecified atom stereocenters. The van der Waals surface area contributed by atoms with Crippen molar-refractivity contribution in [2.45, 2.75) is 37.1 Å². The van der Waals surface area contributed by atoms with Gasteiger partial charge in [0.05, 0.1) is 30.7 Å². The van der Waals surface area contributed by atoms with E-state index in [0.29, 0.717) is 19.8 Å². The molecule has 5 nitrogen and oxygen atoms in total. The minimum absolute atomic E-state index is 0.135. The number of hydrogen-bond acceptors (Lipinski definition) is 5. The number of amides is 1. The molecular formula is C21H22N2O3S. The summed E-state index contributed by atoms with van der Waals surface area (Å²) in [7, 11) is 0. The maximum atomic E-state index is 12.8. The van der Waals surface area contributed by atoms with Crippen molar-refractivity contribution in [3.63, 3.8) is 0 Å². The summed E-state index contributed by atoms with van der Waals surface area (Å²) >= 11 is 1.96. The lowest BCUT2D eigenvalue weighted by Gasteiger charge is -2.47. The minimum atomic E-state index is 0.135. The summed E-state index contributed by atoms with van der Waals surface area (Å²) in [4.78, 5) is 18.9. The number of benzene rings is 1. The molecule has 1 spiro atoms. The van der Waals surface area contributed by atoms with Crippen LogP contribution in [-0.2, 0) is 29.3 Å². The van der Waals surface area contributed by atoms with Crippen LogP contribution >= 0.6 is 11.8 Å². The van der Waals surface area contributed by atoms with Crippen LogP contribution in [0.15, 0.2) is 42.7 Å². The number of rotatable bonds is 4. The molecule has 3 aliphatic rings. The molecule has 27 heavy (non-hydrogen) atoms. The average molecular weight is 382 g/mol. The number of carbonyl (C=O) groups excluding carboxylic acids is 1. The normalized spacial score (nSPS) is 22.7. The molecule has 1 amide bonds. The summed E-state index contributed by atoms with van der Waals surface area (Å²) in [5.74, 6) is 1.13. The molecule has 2 saturated heterocycles. The van der Waals surface area contributed by atoms with Gasteiger partial charge in [-0.15, -0.1) is 11.8 Å². The Bertz CT molecular complexity index is 852. The third-order valence-corrected chi connectivity index (χ3v) is 7.17. The van der Waals surface area contributed by atoms with Gasteiger partial charge in [0.2, 0.25) is 0 Å². The molecule has 0 N–H and O–H groups in total. The highest BCUT2D eigenvalue weighted by Crippen LogP contribution is 2.46. The van der Waals surface area contributed by atoms with E-state index in [2.05, 4.69) is 4.98 Å². The first-order valence-electron chi connectivity index (χ1n) is 9.34. The molecule has 4 heterocycles. The molecule has 0 radical (unpaired) electrons. The van der Waals surface area contributed by atoms with E-state index in [9.17, 15) is 4.79 Å². The minimum Gasteiger partial charge on any atom is -0.373 e. The Hall–Kier alpha value is -1.89. The first-order chi connectivity index (χ1) is 13.2. The Morgan fingerprint density at radius 2 is 2.19 bits per heavy atom. The van der Waals surface area contributed by atoms with Crippen molar-refractivity contribution in [2.75, 3.05) is 18.8 Å². The Labute approximate surface area is 163 Å². The molecule has 0 aliphatic carbocycles. The van der Waals surface area contributed by atoms with Crippen molar-refractivity contribution in [1.82, 2.24) is 9.88 Å². The van der Waals surface area contributed by atoms with Gasteiger partial charge in [-0.25, -0.2) is 0 Å². The van der Waals surface area contributed by atoms with Crippen molar-refractivity contribution >= 4 is 17.7 Å². The molecule has 0 bridgehead atoms. The topological polar surface area (TPSA) is 51.7 Å². The first kappa shape index (κ1) is 17.2. The molecule has 140 valence electrons. The Balaban J connectivity index is 1.15. The van der Waals surface area contributed by atoms with Gasteiger partial charge >= 0.3 is 0 Å². The number of thioether (sulfide) groups is 1. The second-order valence-corrected chi connectivity index (χ2v) is 9.12. The summed E-state index contributed by atoms with van der Waals surface area (Å²) in [6, 6.07) is 9.93. The largest absolute Gasteiger partial charge is 0.373 e. The van der Waals surface area contributed by atoms with Crippen LogP contribution in [0.4, 0.5) is 0 Å². The number of carbonyl (C=O) groups is 1. The first-order valence-corrected chi connectivity index (χ1v) is 10.3. The molecular weight excluding hydrogens is 360 g/mol. The van der Waals surface area contributed by atoms with Crippen LogP contribution in [0.2, 0.25) is 0 Å². The quantitative estimate of drug-likeness (QED) is 0.814. The monoisotopic (exact) mass is 382 g/mol. The maximum Gasteiger partial charge on any atom is 0.253 e. The van der Waals surface area contributed by atoms with Crippen molar-refractivity contribution in [3.8, 4) is 0 Å². The van der Waals surface area contributed by atoms with Crippen LogP contribution in [0.25, 0.3) is 0 Å². The number of pyridine rings is 1. The van der Waals surface area contributed by atoms with Crippen LogP contribution in [-0.4, -0.2) is 45.5 Å². The van der Waals surface area contributed by atoms with Crippen LogP contribution in [0, 0.1) is 0 Å². The lowest BCUT2D eigenvalue weighted by Crippen LogP contribution is -2.60. The second-order valence-electron chi connectivity index (χ2n) is 7.63. The number of fused-ring (bicyclic) bond motifs is 1. The number of aromatic nitrogens is 1. The predicted molar refractivity (Wildman–Crippen MR) is 103 cm³/mol. The van der Waals surface area contributed by atoms with Gasteiger partial charge in [-0.3, -0.25) is 9.78 Å². The lowest BCUT2D eigenvalue weighted by atomic mass is 9.92. The van der Waals surface area contributed by atoms with Crippen molar-refractivity contribution < 1.29 is 14.3 Å². The third kappa shape index (κ3) is 3.37. The molecule has 5 rings (SSSR count). The van der Waals surface area contributed by atoms with Crippen LogP contribution in [0.1, 0.15) is 33.5 Å². The van der Waals surface area contributed by atoms with E-state index in [1.165, 1.54) is 5.56 Å². The van der Waals surface area contributed by atoms with Gasteiger partial charge in [0, 0.05) is 36.8 Å². The fourth-order valence-electron chi connectivity index (χ4n) is 4.11. The van der Waals surface area contributed by atoms with Crippen molar-refractivity contribution in [2.24, 2.45) is 0 Å². The third-order valence-electron chi connectivity index (χ3n) is 5.60. The summed E-state index contributed by atoms with van der Waals surface area (Å²) in [5.41, 5.74) is 4.23. The average Bonchev–Trinajstić information content (AvgIpc) is 3.32. The SMILES string of the molecule is O=C(c1ccc2c(c1)COC2)N1CC2(CC(OCc3cccnc3)CS2)C1. The van der Waals surface area contributed by atoms with Gasteiger partial charge in [-0.2, -0.15) is 0 Å². The van der Waals surface area contributed by atoms with E-state index >= 15 is 0 Å². The van der Waals surface area contributed by atoms with Crippen molar-refractivity contribution in [3.05, 3.63) is 65.0 Å². The van der Waals surface area contributed by atoms with E-state index < -0.39 is 0 Å². The van der Waals surface area contributed by atoms with Gasteiger partial charge in [0.1, 0.15) is 0 Å². The fourth-order valence-corrected chi connectivity index (χ4v) is 5.66. The smallest absolute Gasteiger partial charge is 0.253 e. The van der Waals surface area contributed by atoms with Gasteiger partial charge in [-0.1, -0.05) is 12.1 Å². The van der Waals surface area contributed by atoms with E-state index in [0.717, 1.165) is 42.0 Å². The highest BCUT2D eigenvalue weighted by Gasteiger charge is 2.51. The van der Waals surface area contributed by atoms with Gasteiger partial charge in [0.15, 0.2) is 0 Å². The second kappa shape index (κ2) is 6.93. The summed E-state index contributed by atoms with van der Waals surface area (Å²) < 4.78 is 11.7. The maximum absolute atomic E-state index is 12.8. The summed E-state index contributed by atoms with van der Waals surface area (Å²) in [6.45, 7) is 3.52. The number of nitrogens with zero attached hydrogens (tertiary/aromatic N) is 2. The summed E-state index contributed by atoms with van der Waals surface area (Å²) in [6.07, 6.45) is 4.89. The zero-order chi connectivity index (χ0) is 18.3. The zero-order valence-corrected chi connectivity index (χ0v) is 15.9. The van der Waals surface area contributed by atoms with E-state index in [-0.39, 0.29) is 16.8 Å². The van der Waals surface area contributed by atoms with E-state index in [1.54, 1.807) is 6.20 Å². The molecule has 3 aliphatic heterocycles.